The number of nitrogens with two attached hydrogens (primary N) is 1. The lowest BCUT2D eigenvalue weighted by molar-refractivity contribution is 0.427. The largest absolute Gasteiger partial charge is 0.325 e. The Balaban J connectivity index is 2.58. The highest BCUT2D eigenvalue weighted by Crippen LogP contribution is 2.23. The number of hydrogen-bond acceptors (Lipinski definition) is 2. The van der Waals surface area contributed by atoms with Gasteiger partial charge in [0, 0.05) is 15.3 Å². The van der Waals surface area contributed by atoms with Crippen LogP contribution in [0.5, 0.6) is 0 Å². The SMILES string of the molecule is CCCC(C)(N)Cc1ccc(CC)s1. The lowest BCUT2D eigenvalue weighted by Crippen LogP contribution is -2.37. The highest BCUT2D eigenvalue weighted by molar-refractivity contribution is 7.12. The monoisotopic (exact) mass is 211 g/mol. The number of rotatable bonds is 5. The summed E-state index contributed by atoms with van der Waals surface area (Å²) in [6, 6.07) is 4.45. The molecule has 1 atom stereocenters. The van der Waals surface area contributed by atoms with Crippen LogP contribution in [0.2, 0.25) is 0 Å². The van der Waals surface area contributed by atoms with Gasteiger partial charge in [0.25, 0.3) is 0 Å². The molecule has 2 heteroatoms. The molecular formula is C12H21NS. The summed E-state index contributed by atoms with van der Waals surface area (Å²) in [5.74, 6) is 0. The normalized spacial score (nSPS) is 15.4. The van der Waals surface area contributed by atoms with Crippen molar-refractivity contribution in [2.24, 2.45) is 5.73 Å². The van der Waals surface area contributed by atoms with Crippen LogP contribution in [0.25, 0.3) is 0 Å². The molecule has 0 saturated carbocycles. The van der Waals surface area contributed by atoms with Crippen LogP contribution in [0.15, 0.2) is 12.1 Å². The molecule has 14 heavy (non-hydrogen) atoms. The zero-order chi connectivity index (χ0) is 10.6. The standard InChI is InChI=1S/C12H21NS/c1-4-8-12(3,13)9-11-7-6-10(5-2)14-11/h6-7H,4-5,8-9,13H2,1-3H3. The van der Waals surface area contributed by atoms with Crippen LogP contribution < -0.4 is 5.73 Å². The first-order chi connectivity index (χ1) is 6.57. The average molecular weight is 211 g/mol. The van der Waals surface area contributed by atoms with Crippen molar-refractivity contribution in [2.45, 2.75) is 52.0 Å². The molecule has 0 aliphatic heterocycles. The first kappa shape index (κ1) is 11.7. The first-order valence-corrected chi connectivity index (χ1v) is 6.25. The molecule has 0 amide bonds. The van der Waals surface area contributed by atoms with Crippen molar-refractivity contribution in [3.63, 3.8) is 0 Å². The summed E-state index contributed by atoms with van der Waals surface area (Å²) in [5, 5.41) is 0. The maximum Gasteiger partial charge on any atom is 0.0174 e. The van der Waals surface area contributed by atoms with Crippen molar-refractivity contribution >= 4 is 11.3 Å². The molecule has 0 bridgehead atoms. The Bertz CT molecular complexity index is 276. The second-order valence-electron chi connectivity index (χ2n) is 4.30. The van der Waals surface area contributed by atoms with Gasteiger partial charge in [-0.15, -0.1) is 11.3 Å². The van der Waals surface area contributed by atoms with Crippen molar-refractivity contribution in [3.8, 4) is 0 Å². The lowest BCUT2D eigenvalue weighted by atomic mass is 9.93. The van der Waals surface area contributed by atoms with E-state index in [0.29, 0.717) is 0 Å². The van der Waals surface area contributed by atoms with Crippen LogP contribution in [0.4, 0.5) is 0 Å². The zero-order valence-electron chi connectivity index (χ0n) is 9.47. The molecule has 80 valence electrons. The molecule has 0 aliphatic carbocycles. The third kappa shape index (κ3) is 3.43. The number of thiophene rings is 1. The van der Waals surface area contributed by atoms with Gasteiger partial charge in [-0.25, -0.2) is 0 Å². The van der Waals surface area contributed by atoms with Crippen molar-refractivity contribution < 1.29 is 0 Å². The summed E-state index contributed by atoms with van der Waals surface area (Å²) >= 11 is 1.91. The van der Waals surface area contributed by atoms with Gasteiger partial charge in [-0.3, -0.25) is 0 Å². The van der Waals surface area contributed by atoms with Gasteiger partial charge in [-0.05, 0) is 38.3 Å². The lowest BCUT2D eigenvalue weighted by Gasteiger charge is -2.23. The molecule has 1 unspecified atom stereocenters. The smallest absolute Gasteiger partial charge is 0.0174 e. The van der Waals surface area contributed by atoms with Crippen LogP contribution >= 0.6 is 11.3 Å². The van der Waals surface area contributed by atoms with E-state index in [1.165, 1.54) is 16.2 Å². The summed E-state index contributed by atoms with van der Waals surface area (Å²) in [5.41, 5.74) is 6.19. The van der Waals surface area contributed by atoms with E-state index in [2.05, 4.69) is 32.9 Å². The topological polar surface area (TPSA) is 26.0 Å². The maximum atomic E-state index is 6.22. The van der Waals surface area contributed by atoms with Crippen molar-refractivity contribution in [3.05, 3.63) is 21.9 Å². The predicted molar refractivity (Wildman–Crippen MR) is 64.9 cm³/mol. The molecular weight excluding hydrogens is 190 g/mol. The molecule has 1 rings (SSSR count). The van der Waals surface area contributed by atoms with Gasteiger partial charge in [0.2, 0.25) is 0 Å². The third-order valence-corrected chi connectivity index (χ3v) is 3.69. The quantitative estimate of drug-likeness (QED) is 0.794. The van der Waals surface area contributed by atoms with E-state index in [9.17, 15) is 0 Å². The summed E-state index contributed by atoms with van der Waals surface area (Å²) < 4.78 is 0. The summed E-state index contributed by atoms with van der Waals surface area (Å²) in [4.78, 5) is 2.90. The van der Waals surface area contributed by atoms with Gasteiger partial charge >= 0.3 is 0 Å². The fraction of sp³-hybridized carbons (Fsp3) is 0.667. The highest BCUT2D eigenvalue weighted by atomic mass is 32.1. The Labute approximate surface area is 91.3 Å². The van der Waals surface area contributed by atoms with Gasteiger partial charge in [0.1, 0.15) is 0 Å². The second-order valence-corrected chi connectivity index (χ2v) is 5.56. The highest BCUT2D eigenvalue weighted by Gasteiger charge is 2.18. The van der Waals surface area contributed by atoms with Crippen molar-refractivity contribution in [2.75, 3.05) is 0 Å². The minimum absolute atomic E-state index is 0.0232. The van der Waals surface area contributed by atoms with Crippen LogP contribution in [0, 0.1) is 0 Å². The van der Waals surface area contributed by atoms with E-state index >= 15 is 0 Å². The fourth-order valence-electron chi connectivity index (χ4n) is 1.76. The Morgan fingerprint density at radius 3 is 2.43 bits per heavy atom. The summed E-state index contributed by atoms with van der Waals surface area (Å²) in [7, 11) is 0. The van der Waals surface area contributed by atoms with Crippen LogP contribution in [0.3, 0.4) is 0 Å². The number of hydrogen-bond donors (Lipinski definition) is 1. The minimum Gasteiger partial charge on any atom is -0.325 e. The number of aryl methyl sites for hydroxylation is 1. The fourth-order valence-corrected chi connectivity index (χ4v) is 2.92. The molecule has 1 aromatic rings. The van der Waals surface area contributed by atoms with Gasteiger partial charge in [0.15, 0.2) is 0 Å². The van der Waals surface area contributed by atoms with Gasteiger partial charge in [-0.1, -0.05) is 20.3 Å². The summed E-state index contributed by atoms with van der Waals surface area (Å²) in [6.07, 6.45) is 4.43. The Kier molecular flexibility index (Phi) is 4.14. The average Bonchev–Trinajstić information content (AvgIpc) is 2.51. The van der Waals surface area contributed by atoms with Crippen LogP contribution in [0.1, 0.15) is 43.4 Å². The molecule has 0 radical (unpaired) electrons. The Morgan fingerprint density at radius 1 is 1.29 bits per heavy atom. The van der Waals surface area contributed by atoms with Crippen molar-refractivity contribution in [1.82, 2.24) is 0 Å². The van der Waals surface area contributed by atoms with E-state index < -0.39 is 0 Å². The molecule has 1 heterocycles. The molecule has 0 fully saturated rings. The van der Waals surface area contributed by atoms with E-state index in [4.69, 9.17) is 5.73 Å². The second kappa shape index (κ2) is 4.94. The zero-order valence-corrected chi connectivity index (χ0v) is 10.3. The third-order valence-electron chi connectivity index (χ3n) is 2.46. The molecule has 0 saturated heterocycles. The van der Waals surface area contributed by atoms with E-state index in [0.717, 1.165) is 19.3 Å². The van der Waals surface area contributed by atoms with E-state index in [1.54, 1.807) is 0 Å². The van der Waals surface area contributed by atoms with Gasteiger partial charge < -0.3 is 5.73 Å². The minimum atomic E-state index is -0.0232. The molecule has 0 aliphatic rings. The molecule has 0 aromatic carbocycles. The van der Waals surface area contributed by atoms with E-state index in [1.807, 2.05) is 11.3 Å². The van der Waals surface area contributed by atoms with Crippen molar-refractivity contribution in [1.29, 1.82) is 0 Å². The van der Waals surface area contributed by atoms with E-state index in [-0.39, 0.29) is 5.54 Å². The first-order valence-electron chi connectivity index (χ1n) is 5.44. The maximum absolute atomic E-state index is 6.22. The molecule has 1 aromatic heterocycles. The van der Waals surface area contributed by atoms with Crippen LogP contribution in [-0.2, 0) is 12.8 Å². The predicted octanol–water partition coefficient (Wildman–Crippen LogP) is 3.37. The Morgan fingerprint density at radius 2 is 1.93 bits per heavy atom. The molecule has 2 N–H and O–H groups in total. The van der Waals surface area contributed by atoms with Gasteiger partial charge in [0.05, 0.1) is 0 Å². The molecule has 0 spiro atoms. The summed E-state index contributed by atoms with van der Waals surface area (Å²) in [6.45, 7) is 6.54. The van der Waals surface area contributed by atoms with Gasteiger partial charge in [-0.2, -0.15) is 0 Å². The Hall–Kier alpha value is -0.340. The molecule has 1 nitrogen and oxygen atoms in total. The van der Waals surface area contributed by atoms with Crippen LogP contribution in [-0.4, -0.2) is 5.54 Å².